The molecule has 1 aliphatic carbocycles. The predicted molar refractivity (Wildman–Crippen MR) is 93.5 cm³/mol. The predicted octanol–water partition coefficient (Wildman–Crippen LogP) is 4.16. The van der Waals surface area contributed by atoms with Crippen LogP contribution in [0.1, 0.15) is 40.2 Å². The lowest BCUT2D eigenvalue weighted by molar-refractivity contribution is 0.0951. The summed E-state index contributed by atoms with van der Waals surface area (Å²) in [4.78, 5) is 12.5. The maximum atomic E-state index is 14.1. The van der Waals surface area contributed by atoms with Crippen LogP contribution in [0.2, 0.25) is 0 Å². The van der Waals surface area contributed by atoms with Gasteiger partial charge >= 0.3 is 0 Å². The molecule has 0 atom stereocenters. The fourth-order valence-corrected chi connectivity index (χ4v) is 3.01. The zero-order chi connectivity index (χ0) is 18.1. The first kappa shape index (κ1) is 16.4. The Labute approximate surface area is 149 Å². The number of hydrogen-bond donors (Lipinski definition) is 2. The minimum atomic E-state index is -0.441. The Hall–Kier alpha value is -3.02. The van der Waals surface area contributed by atoms with Gasteiger partial charge < -0.3 is 5.32 Å². The number of nitrogens with zero attached hydrogens (tertiary/aromatic N) is 1. The standard InChI is InChI=1S/C20H17F2N3O/c21-17-4-2-1-3-15(17)19-16(11-24-25-19)20(26)23-10-12-5-8-14(13-6-7-13)18(22)9-12/h1-5,8-9,11,13H,6-7,10H2,(H,23,26)(H,24,25). The van der Waals surface area contributed by atoms with Gasteiger partial charge in [0.05, 0.1) is 17.5 Å². The van der Waals surface area contributed by atoms with Crippen LogP contribution in [0.15, 0.2) is 48.7 Å². The molecule has 1 amide bonds. The van der Waals surface area contributed by atoms with Crippen molar-refractivity contribution in [2.24, 2.45) is 0 Å². The van der Waals surface area contributed by atoms with Gasteiger partial charge in [0, 0.05) is 12.1 Å². The molecule has 1 heterocycles. The number of carbonyl (C=O) groups is 1. The molecule has 4 rings (SSSR count). The average Bonchev–Trinajstić information content (AvgIpc) is 3.36. The van der Waals surface area contributed by atoms with Gasteiger partial charge in [-0.1, -0.05) is 24.3 Å². The molecular formula is C20H17F2N3O. The second kappa shape index (κ2) is 6.71. The zero-order valence-corrected chi connectivity index (χ0v) is 13.9. The molecule has 2 N–H and O–H groups in total. The minimum absolute atomic E-state index is 0.183. The van der Waals surface area contributed by atoms with E-state index in [1.165, 1.54) is 18.3 Å². The van der Waals surface area contributed by atoms with Crippen molar-refractivity contribution in [2.45, 2.75) is 25.3 Å². The number of H-pyrrole nitrogens is 1. The van der Waals surface area contributed by atoms with E-state index >= 15 is 0 Å². The van der Waals surface area contributed by atoms with E-state index < -0.39 is 11.7 Å². The van der Waals surface area contributed by atoms with Gasteiger partial charge in [-0.15, -0.1) is 0 Å². The number of nitrogens with one attached hydrogen (secondary N) is 2. The molecule has 3 aromatic rings. The second-order valence-electron chi connectivity index (χ2n) is 6.45. The van der Waals surface area contributed by atoms with E-state index in [-0.39, 0.29) is 23.5 Å². The molecule has 1 fully saturated rings. The maximum absolute atomic E-state index is 14.1. The molecule has 0 radical (unpaired) electrons. The summed E-state index contributed by atoms with van der Waals surface area (Å²) in [6.45, 7) is 0.183. The van der Waals surface area contributed by atoms with Crippen LogP contribution in [-0.2, 0) is 6.54 Å². The third-order valence-corrected chi connectivity index (χ3v) is 4.56. The highest BCUT2D eigenvalue weighted by Gasteiger charge is 2.26. The third kappa shape index (κ3) is 3.22. The molecule has 2 aromatic carbocycles. The summed E-state index contributed by atoms with van der Waals surface area (Å²) in [5.74, 6) is -0.727. The molecule has 4 nitrogen and oxygen atoms in total. The second-order valence-corrected chi connectivity index (χ2v) is 6.45. The molecule has 0 saturated heterocycles. The van der Waals surface area contributed by atoms with Crippen LogP contribution in [0.4, 0.5) is 8.78 Å². The van der Waals surface area contributed by atoms with Gasteiger partial charge in [0.1, 0.15) is 11.6 Å². The first-order chi connectivity index (χ1) is 12.6. The minimum Gasteiger partial charge on any atom is -0.348 e. The lowest BCUT2D eigenvalue weighted by atomic mass is 10.1. The van der Waals surface area contributed by atoms with Crippen molar-refractivity contribution in [3.05, 3.63) is 77.0 Å². The average molecular weight is 353 g/mol. The zero-order valence-electron chi connectivity index (χ0n) is 13.9. The normalized spacial score (nSPS) is 13.6. The number of halogens is 2. The van der Waals surface area contributed by atoms with E-state index in [0.29, 0.717) is 17.2 Å². The Kier molecular flexibility index (Phi) is 4.24. The van der Waals surface area contributed by atoms with E-state index in [9.17, 15) is 13.6 Å². The van der Waals surface area contributed by atoms with Crippen molar-refractivity contribution in [2.75, 3.05) is 0 Å². The van der Waals surface area contributed by atoms with Crippen molar-refractivity contribution >= 4 is 5.91 Å². The number of hydrogen-bond acceptors (Lipinski definition) is 2. The summed E-state index contributed by atoms with van der Waals surface area (Å²) < 4.78 is 28.1. The van der Waals surface area contributed by atoms with Gasteiger partial charge in [-0.2, -0.15) is 5.10 Å². The van der Waals surface area contributed by atoms with E-state index in [2.05, 4.69) is 15.5 Å². The highest BCUT2D eigenvalue weighted by Crippen LogP contribution is 2.41. The quantitative estimate of drug-likeness (QED) is 0.723. The molecule has 0 aliphatic heterocycles. The molecule has 26 heavy (non-hydrogen) atoms. The Morgan fingerprint density at radius 3 is 2.69 bits per heavy atom. The lowest BCUT2D eigenvalue weighted by Crippen LogP contribution is -2.23. The number of carbonyl (C=O) groups excluding carboxylic acids is 1. The van der Waals surface area contributed by atoms with Crippen molar-refractivity contribution in [3.8, 4) is 11.3 Å². The van der Waals surface area contributed by atoms with Crippen LogP contribution in [0.5, 0.6) is 0 Å². The first-order valence-electron chi connectivity index (χ1n) is 8.48. The molecule has 1 saturated carbocycles. The van der Waals surface area contributed by atoms with Crippen molar-refractivity contribution in [1.29, 1.82) is 0 Å². The number of aromatic nitrogens is 2. The molecule has 1 aromatic heterocycles. The Bertz CT molecular complexity index is 963. The molecule has 0 spiro atoms. The summed E-state index contributed by atoms with van der Waals surface area (Å²) in [5.41, 5.74) is 2.25. The molecular weight excluding hydrogens is 336 g/mol. The van der Waals surface area contributed by atoms with Gasteiger partial charge in [0.2, 0.25) is 0 Å². The van der Waals surface area contributed by atoms with Crippen LogP contribution < -0.4 is 5.32 Å². The summed E-state index contributed by atoms with van der Waals surface area (Å²) in [6, 6.07) is 11.2. The van der Waals surface area contributed by atoms with Crippen molar-refractivity contribution in [3.63, 3.8) is 0 Å². The molecule has 132 valence electrons. The van der Waals surface area contributed by atoms with E-state index in [0.717, 1.165) is 18.4 Å². The Morgan fingerprint density at radius 2 is 1.96 bits per heavy atom. The Balaban J connectivity index is 1.49. The fourth-order valence-electron chi connectivity index (χ4n) is 3.01. The molecule has 0 bridgehead atoms. The number of aromatic amines is 1. The summed E-state index contributed by atoms with van der Waals surface area (Å²) in [7, 11) is 0. The molecule has 6 heteroatoms. The van der Waals surface area contributed by atoms with Crippen LogP contribution in [-0.4, -0.2) is 16.1 Å². The topological polar surface area (TPSA) is 57.8 Å². The third-order valence-electron chi connectivity index (χ3n) is 4.56. The van der Waals surface area contributed by atoms with Gasteiger partial charge in [0.25, 0.3) is 5.91 Å². The summed E-state index contributed by atoms with van der Waals surface area (Å²) in [5, 5.41) is 9.26. The van der Waals surface area contributed by atoms with Crippen LogP contribution in [0.25, 0.3) is 11.3 Å². The summed E-state index contributed by atoms with van der Waals surface area (Å²) >= 11 is 0. The van der Waals surface area contributed by atoms with Gasteiger partial charge in [-0.25, -0.2) is 8.78 Å². The largest absolute Gasteiger partial charge is 0.348 e. The number of benzene rings is 2. The number of amides is 1. The van der Waals surface area contributed by atoms with E-state index in [1.807, 2.05) is 6.07 Å². The van der Waals surface area contributed by atoms with Crippen LogP contribution in [0.3, 0.4) is 0 Å². The van der Waals surface area contributed by atoms with E-state index in [4.69, 9.17) is 0 Å². The van der Waals surface area contributed by atoms with Gasteiger partial charge in [-0.05, 0) is 48.1 Å². The SMILES string of the molecule is O=C(NCc1ccc(C2CC2)c(F)c1)c1cn[nH]c1-c1ccccc1F. The first-order valence-corrected chi connectivity index (χ1v) is 8.48. The maximum Gasteiger partial charge on any atom is 0.255 e. The van der Waals surface area contributed by atoms with Crippen molar-refractivity contribution in [1.82, 2.24) is 15.5 Å². The Morgan fingerprint density at radius 1 is 1.15 bits per heavy atom. The molecule has 0 unspecified atom stereocenters. The van der Waals surface area contributed by atoms with Crippen LogP contribution >= 0.6 is 0 Å². The van der Waals surface area contributed by atoms with Gasteiger partial charge in [-0.3, -0.25) is 9.89 Å². The smallest absolute Gasteiger partial charge is 0.255 e. The monoisotopic (exact) mass is 353 g/mol. The summed E-state index contributed by atoms with van der Waals surface area (Å²) in [6.07, 6.45) is 3.42. The fraction of sp³-hybridized carbons (Fsp3) is 0.200. The molecule has 1 aliphatic rings. The lowest BCUT2D eigenvalue weighted by Gasteiger charge is -2.08. The highest BCUT2D eigenvalue weighted by molar-refractivity contribution is 5.99. The van der Waals surface area contributed by atoms with E-state index in [1.54, 1.807) is 24.3 Å². The number of rotatable bonds is 5. The highest BCUT2D eigenvalue weighted by atomic mass is 19.1. The van der Waals surface area contributed by atoms with Crippen molar-refractivity contribution < 1.29 is 13.6 Å². The van der Waals surface area contributed by atoms with Crippen LogP contribution in [0, 0.1) is 11.6 Å². The van der Waals surface area contributed by atoms with Gasteiger partial charge in [0.15, 0.2) is 0 Å².